The minimum absolute atomic E-state index is 0.0915. The molecule has 7 nitrogen and oxygen atoms in total. The molecule has 4 atom stereocenters. The van der Waals surface area contributed by atoms with Crippen molar-refractivity contribution in [1.29, 1.82) is 0 Å². The average Bonchev–Trinajstić information content (AvgIpc) is 2.82. The molecule has 0 aromatic heterocycles. The zero-order valence-electron chi connectivity index (χ0n) is 22.3. The third kappa shape index (κ3) is 6.51. The molecule has 0 aliphatic carbocycles. The Morgan fingerprint density at radius 3 is 2.54 bits per heavy atom. The summed E-state index contributed by atoms with van der Waals surface area (Å²) in [5, 5.41) is 19.7. The van der Waals surface area contributed by atoms with Crippen LogP contribution in [0.4, 0.5) is 0 Å². The van der Waals surface area contributed by atoms with Crippen LogP contribution in [0.3, 0.4) is 0 Å². The second-order valence-corrected chi connectivity index (χ2v) is 11.4. The number of carbonyl (C=O) groups is 2. The van der Waals surface area contributed by atoms with Crippen molar-refractivity contribution in [3.8, 4) is 5.75 Å². The van der Waals surface area contributed by atoms with Crippen LogP contribution in [-0.2, 0) is 16.1 Å². The molecule has 2 aromatic carbocycles. The summed E-state index contributed by atoms with van der Waals surface area (Å²) in [5.74, 6) is -0.585. The monoisotopic (exact) mass is 509 g/mol. The van der Waals surface area contributed by atoms with Crippen molar-refractivity contribution >= 4 is 11.9 Å². The molecule has 0 bridgehead atoms. The van der Waals surface area contributed by atoms with Crippen LogP contribution in [0.1, 0.15) is 87.4 Å². The molecule has 1 saturated heterocycles. The van der Waals surface area contributed by atoms with Crippen molar-refractivity contribution in [2.24, 2.45) is 5.92 Å². The van der Waals surface area contributed by atoms with E-state index < -0.39 is 17.2 Å². The lowest BCUT2D eigenvalue weighted by Crippen LogP contribution is -2.50. The number of aliphatic hydroxyl groups is 1. The molecule has 0 spiro atoms. The van der Waals surface area contributed by atoms with Crippen LogP contribution in [0, 0.1) is 5.92 Å². The van der Waals surface area contributed by atoms with Gasteiger partial charge in [-0.2, -0.15) is 0 Å². The van der Waals surface area contributed by atoms with Crippen LogP contribution in [-0.4, -0.2) is 50.8 Å². The van der Waals surface area contributed by atoms with Crippen LogP contribution >= 0.6 is 0 Å². The SMILES string of the molecule is C[C@@H]1CC[C@@H]2[C@@H](O1)c1cc(C(=O)N(CC(=O)O)Cc3ccccc3)ccc1O[C@]2(C)CCCC(C)(C)O. The molecule has 37 heavy (non-hydrogen) atoms. The first-order valence-electron chi connectivity index (χ1n) is 13.2. The fourth-order valence-electron chi connectivity index (χ4n) is 5.68. The van der Waals surface area contributed by atoms with Gasteiger partial charge in [0.1, 0.15) is 17.9 Å². The summed E-state index contributed by atoms with van der Waals surface area (Å²) in [4.78, 5) is 26.4. The molecular formula is C30H39NO6. The van der Waals surface area contributed by atoms with Crippen LogP contribution in [0.25, 0.3) is 0 Å². The number of benzene rings is 2. The van der Waals surface area contributed by atoms with E-state index in [0.29, 0.717) is 17.7 Å². The van der Waals surface area contributed by atoms with Gasteiger partial charge in [-0.25, -0.2) is 0 Å². The van der Waals surface area contributed by atoms with Crippen molar-refractivity contribution in [3.63, 3.8) is 0 Å². The zero-order valence-corrected chi connectivity index (χ0v) is 22.3. The van der Waals surface area contributed by atoms with Gasteiger partial charge >= 0.3 is 5.97 Å². The van der Waals surface area contributed by atoms with Crippen molar-refractivity contribution in [2.45, 2.75) is 89.8 Å². The zero-order chi connectivity index (χ0) is 26.8. The van der Waals surface area contributed by atoms with E-state index in [1.54, 1.807) is 6.07 Å². The molecule has 2 N–H and O–H groups in total. The predicted molar refractivity (Wildman–Crippen MR) is 140 cm³/mol. The average molecular weight is 510 g/mol. The van der Waals surface area contributed by atoms with E-state index in [0.717, 1.165) is 36.8 Å². The first-order chi connectivity index (χ1) is 17.4. The van der Waals surface area contributed by atoms with E-state index in [9.17, 15) is 19.8 Å². The first-order valence-corrected chi connectivity index (χ1v) is 13.2. The molecule has 2 aromatic rings. The molecule has 1 amide bonds. The minimum atomic E-state index is -1.06. The van der Waals surface area contributed by atoms with E-state index in [-0.39, 0.29) is 37.1 Å². The molecule has 4 rings (SSSR count). The van der Waals surface area contributed by atoms with Crippen molar-refractivity contribution in [2.75, 3.05) is 6.54 Å². The van der Waals surface area contributed by atoms with E-state index in [4.69, 9.17) is 9.47 Å². The number of ether oxygens (including phenoxy) is 2. The van der Waals surface area contributed by atoms with Gasteiger partial charge in [0, 0.05) is 23.6 Å². The van der Waals surface area contributed by atoms with Crippen LogP contribution in [0.5, 0.6) is 5.75 Å². The third-order valence-electron chi connectivity index (χ3n) is 7.61. The van der Waals surface area contributed by atoms with Crippen LogP contribution < -0.4 is 4.74 Å². The molecule has 0 saturated carbocycles. The van der Waals surface area contributed by atoms with E-state index in [2.05, 4.69) is 13.8 Å². The quantitative estimate of drug-likeness (QED) is 0.472. The molecule has 2 heterocycles. The Balaban J connectivity index is 1.62. The molecule has 2 aliphatic rings. The van der Waals surface area contributed by atoms with Gasteiger partial charge in [0.25, 0.3) is 5.91 Å². The Kier molecular flexibility index (Phi) is 7.95. The maximum absolute atomic E-state index is 13.5. The Morgan fingerprint density at radius 2 is 1.86 bits per heavy atom. The first kappa shape index (κ1) is 27.1. The number of carboxylic acid groups (broad SMARTS) is 1. The summed E-state index contributed by atoms with van der Waals surface area (Å²) < 4.78 is 13.1. The molecule has 0 unspecified atom stereocenters. The van der Waals surface area contributed by atoms with Gasteiger partial charge < -0.3 is 24.6 Å². The number of carbonyl (C=O) groups excluding carboxylic acids is 1. The third-order valence-corrected chi connectivity index (χ3v) is 7.61. The van der Waals surface area contributed by atoms with Crippen molar-refractivity contribution < 1.29 is 29.3 Å². The van der Waals surface area contributed by atoms with E-state index >= 15 is 0 Å². The standard InChI is InChI=1S/C30H39NO6/c1-20-11-13-24-27(36-20)23-17-22(12-14-25(23)37-30(24,4)16-8-15-29(2,3)35)28(34)31(19-26(32)33)18-21-9-6-5-7-10-21/h5-7,9-10,12,14,17,20,24,27,35H,8,11,13,15-16,18-19H2,1-4H3,(H,32,33)/t20-,24-,27+,30-/m1/s1. The lowest BCUT2D eigenvalue weighted by Gasteiger charge is -2.50. The second-order valence-electron chi connectivity index (χ2n) is 11.4. The van der Waals surface area contributed by atoms with Gasteiger partial charge in [-0.05, 0) is 83.6 Å². The van der Waals surface area contributed by atoms with Gasteiger partial charge in [-0.1, -0.05) is 30.3 Å². The largest absolute Gasteiger partial charge is 0.487 e. The summed E-state index contributed by atoms with van der Waals surface area (Å²) in [7, 11) is 0. The van der Waals surface area contributed by atoms with Crippen molar-refractivity contribution in [3.05, 3.63) is 65.2 Å². The normalized spacial score (nSPS) is 24.9. The number of rotatable bonds is 9. The summed E-state index contributed by atoms with van der Waals surface area (Å²) in [5.41, 5.74) is 0.960. The number of hydrogen-bond donors (Lipinski definition) is 2. The highest BCUT2D eigenvalue weighted by Gasteiger charge is 2.49. The molecule has 7 heteroatoms. The van der Waals surface area contributed by atoms with Crippen molar-refractivity contribution in [1.82, 2.24) is 4.90 Å². The maximum atomic E-state index is 13.5. The van der Waals surface area contributed by atoms with Crippen LogP contribution in [0.15, 0.2) is 48.5 Å². The fraction of sp³-hybridized carbons (Fsp3) is 0.533. The summed E-state index contributed by atoms with van der Waals surface area (Å²) >= 11 is 0. The Morgan fingerprint density at radius 1 is 1.14 bits per heavy atom. The lowest BCUT2D eigenvalue weighted by molar-refractivity contribution is -0.153. The summed E-state index contributed by atoms with van der Waals surface area (Å²) in [6.45, 7) is 7.67. The Hall–Kier alpha value is -2.90. The van der Waals surface area contributed by atoms with E-state index in [1.165, 1.54) is 4.90 Å². The maximum Gasteiger partial charge on any atom is 0.323 e. The topological polar surface area (TPSA) is 96.3 Å². The van der Waals surface area contributed by atoms with E-state index in [1.807, 2.05) is 56.3 Å². The van der Waals surface area contributed by atoms with Gasteiger partial charge in [-0.15, -0.1) is 0 Å². The smallest absolute Gasteiger partial charge is 0.323 e. The predicted octanol–water partition coefficient (Wildman–Crippen LogP) is 5.36. The molecule has 200 valence electrons. The number of fused-ring (bicyclic) bond motifs is 3. The Labute approximate surface area is 219 Å². The molecule has 1 fully saturated rings. The summed E-state index contributed by atoms with van der Waals surface area (Å²) in [6.07, 6.45) is 4.06. The number of amides is 1. The molecule has 0 radical (unpaired) electrons. The second kappa shape index (κ2) is 10.8. The Bertz CT molecular complexity index is 1110. The lowest BCUT2D eigenvalue weighted by atomic mass is 9.72. The number of aliphatic carboxylic acids is 1. The van der Waals surface area contributed by atoms with Gasteiger partial charge in [0.05, 0.1) is 17.8 Å². The highest BCUT2D eigenvalue weighted by Crippen LogP contribution is 2.52. The highest BCUT2D eigenvalue weighted by atomic mass is 16.5. The number of nitrogens with zero attached hydrogens (tertiary/aromatic N) is 1. The fourth-order valence-corrected chi connectivity index (χ4v) is 5.68. The van der Waals surface area contributed by atoms with Gasteiger partial charge in [-0.3, -0.25) is 9.59 Å². The number of hydrogen-bond acceptors (Lipinski definition) is 5. The number of carboxylic acids is 1. The highest BCUT2D eigenvalue weighted by molar-refractivity contribution is 5.96. The van der Waals surface area contributed by atoms with Crippen LogP contribution in [0.2, 0.25) is 0 Å². The molecular weight excluding hydrogens is 470 g/mol. The summed E-state index contributed by atoms with van der Waals surface area (Å²) in [6, 6.07) is 14.7. The van der Waals surface area contributed by atoms with Gasteiger partial charge in [0.2, 0.25) is 0 Å². The minimum Gasteiger partial charge on any atom is -0.487 e. The van der Waals surface area contributed by atoms with Gasteiger partial charge in [0.15, 0.2) is 0 Å². The molecule has 2 aliphatic heterocycles.